The minimum atomic E-state index is -1.02. The molecule has 0 unspecified atom stereocenters. The molecule has 2 aliphatic heterocycles. The van der Waals surface area contributed by atoms with E-state index in [1.807, 2.05) is 58.2 Å². The minimum Gasteiger partial charge on any atom is -0.496 e. The van der Waals surface area contributed by atoms with Crippen molar-refractivity contribution in [2.45, 2.75) is 70.6 Å². The fraction of sp³-hybridized carbons (Fsp3) is 0.517. The molecule has 0 saturated carbocycles. The van der Waals surface area contributed by atoms with Crippen LogP contribution in [0.3, 0.4) is 0 Å². The van der Waals surface area contributed by atoms with E-state index in [4.69, 9.17) is 27.4 Å². The number of thiocarbonyl (C=S) groups is 1. The number of benzene rings is 2. The molecule has 2 atom stereocenters. The van der Waals surface area contributed by atoms with Crippen molar-refractivity contribution in [3.8, 4) is 5.75 Å². The van der Waals surface area contributed by atoms with Gasteiger partial charge in [-0.05, 0) is 76.6 Å². The van der Waals surface area contributed by atoms with Gasteiger partial charge in [0.25, 0.3) is 0 Å². The number of piperidine rings is 1. The summed E-state index contributed by atoms with van der Waals surface area (Å²) in [6.45, 7) is 10.5. The highest BCUT2D eigenvalue weighted by molar-refractivity contribution is 7.80. The van der Waals surface area contributed by atoms with Gasteiger partial charge in [0.2, 0.25) is 0 Å². The number of likely N-dealkylation sites (tertiary alicyclic amines) is 1. The molecule has 194 valence electrons. The highest BCUT2D eigenvalue weighted by atomic mass is 32.1. The zero-order chi connectivity index (χ0) is 26.5. The predicted octanol–water partition coefficient (Wildman–Crippen LogP) is 5.75. The van der Waals surface area contributed by atoms with Crippen LogP contribution in [0.1, 0.15) is 64.2 Å². The molecule has 2 aromatic carbocycles. The highest BCUT2D eigenvalue weighted by Crippen LogP contribution is 2.47. The number of ether oxygens (including phenoxy) is 2. The Balaban J connectivity index is 1.78. The molecule has 2 N–H and O–H groups in total. The molecule has 2 heterocycles. The second kappa shape index (κ2) is 9.34. The van der Waals surface area contributed by atoms with Crippen molar-refractivity contribution in [3.05, 3.63) is 59.2 Å². The molecule has 2 aliphatic rings. The van der Waals surface area contributed by atoms with Gasteiger partial charge in [-0.2, -0.15) is 0 Å². The molecule has 1 fully saturated rings. The minimum absolute atomic E-state index is 0.0395. The Labute approximate surface area is 220 Å². The van der Waals surface area contributed by atoms with E-state index in [1.165, 1.54) is 5.56 Å². The number of likely N-dealkylation sites (N-methyl/N-ethyl adjacent to an activating group) is 1. The lowest BCUT2D eigenvalue weighted by Crippen LogP contribution is -2.63. The van der Waals surface area contributed by atoms with E-state index in [0.717, 1.165) is 40.4 Å². The van der Waals surface area contributed by atoms with Crippen LogP contribution in [0.15, 0.2) is 42.5 Å². The zero-order valence-electron chi connectivity index (χ0n) is 22.6. The molecular formula is C29H39N3O3S. The summed E-state index contributed by atoms with van der Waals surface area (Å²) in [6, 6.07) is 14.2. The van der Waals surface area contributed by atoms with Gasteiger partial charge in [-0.15, -0.1) is 0 Å². The summed E-state index contributed by atoms with van der Waals surface area (Å²) in [6.07, 6.45) is 2.01. The van der Waals surface area contributed by atoms with E-state index in [9.17, 15) is 4.79 Å². The second-order valence-electron chi connectivity index (χ2n) is 11.5. The van der Waals surface area contributed by atoms with Crippen LogP contribution in [-0.2, 0) is 22.2 Å². The van der Waals surface area contributed by atoms with Crippen molar-refractivity contribution in [2.75, 3.05) is 25.6 Å². The molecule has 1 saturated heterocycles. The fourth-order valence-corrected chi connectivity index (χ4v) is 5.89. The summed E-state index contributed by atoms with van der Waals surface area (Å²) < 4.78 is 11.7. The van der Waals surface area contributed by atoms with Crippen LogP contribution in [0, 0.1) is 5.92 Å². The number of hydrogen-bond donors (Lipinski definition) is 1. The van der Waals surface area contributed by atoms with E-state index in [0.29, 0.717) is 13.0 Å². The number of amides is 1. The number of carbonyl (C=O) groups is 1. The molecule has 36 heavy (non-hydrogen) atoms. The molecule has 0 aliphatic carbocycles. The molecule has 0 bridgehead atoms. The molecule has 0 radical (unpaired) electrons. The van der Waals surface area contributed by atoms with Crippen LogP contribution >= 0.6 is 12.2 Å². The van der Waals surface area contributed by atoms with Gasteiger partial charge in [-0.3, -0.25) is 4.90 Å². The first-order valence-corrected chi connectivity index (χ1v) is 13.1. The summed E-state index contributed by atoms with van der Waals surface area (Å²) >= 11 is 5.76. The normalized spacial score (nSPS) is 23.4. The number of fused-ring (bicyclic) bond motifs is 1. The van der Waals surface area contributed by atoms with Gasteiger partial charge in [0.1, 0.15) is 17.0 Å². The Morgan fingerprint density at radius 2 is 1.86 bits per heavy atom. The van der Waals surface area contributed by atoms with Crippen LogP contribution in [0.2, 0.25) is 0 Å². The van der Waals surface area contributed by atoms with Crippen molar-refractivity contribution >= 4 is 29.0 Å². The maximum absolute atomic E-state index is 13.4. The summed E-state index contributed by atoms with van der Waals surface area (Å²) in [5.74, 6) is 0.771. The topological polar surface area (TPSA) is 68.0 Å². The van der Waals surface area contributed by atoms with Gasteiger partial charge in [-0.25, -0.2) is 4.79 Å². The monoisotopic (exact) mass is 509 g/mol. The third kappa shape index (κ3) is 4.48. The number of nitrogens with two attached hydrogens (primary N) is 1. The van der Waals surface area contributed by atoms with E-state index in [-0.39, 0.29) is 17.4 Å². The van der Waals surface area contributed by atoms with Crippen molar-refractivity contribution in [1.29, 1.82) is 0 Å². The number of anilines is 1. The Bertz CT molecular complexity index is 1160. The first-order valence-electron chi connectivity index (χ1n) is 12.6. The lowest BCUT2D eigenvalue weighted by Gasteiger charge is -2.50. The SMILES string of the molecule is COc1cc2c(cc1C[C@@H]1CCCN(C(=O)OC(C)(C)C)[C@]1(N)c1ccccc1)C(C)(C)C(=S)N2C. The fourth-order valence-electron chi connectivity index (χ4n) is 5.69. The molecule has 0 spiro atoms. The number of methoxy groups -OCH3 is 1. The standard InChI is InChI=1S/C29H39N3O3S/c1-27(2,3)35-26(33)32-15-11-14-21(29(32,30)20-12-9-8-10-13-20)16-19-17-22-23(18-24(19)34-7)31(6)25(36)28(22,4)5/h8-10,12-13,17-18,21H,11,14-16,30H2,1-7H3/t21-,29+/m0/s1. The van der Waals surface area contributed by atoms with Gasteiger partial charge in [-0.1, -0.05) is 42.5 Å². The summed E-state index contributed by atoms with van der Waals surface area (Å²) in [5, 5.41) is 0. The maximum Gasteiger partial charge on any atom is 0.412 e. The van der Waals surface area contributed by atoms with Gasteiger partial charge in [0.05, 0.1) is 12.1 Å². The Morgan fingerprint density at radius 1 is 1.19 bits per heavy atom. The number of nitrogens with zero attached hydrogens (tertiary/aromatic N) is 2. The number of rotatable bonds is 4. The molecular weight excluding hydrogens is 470 g/mol. The molecule has 1 amide bonds. The van der Waals surface area contributed by atoms with Crippen LogP contribution < -0.4 is 15.4 Å². The maximum atomic E-state index is 13.4. The largest absolute Gasteiger partial charge is 0.496 e. The van der Waals surface area contributed by atoms with Crippen LogP contribution in [0.5, 0.6) is 5.75 Å². The first-order chi connectivity index (χ1) is 16.8. The molecule has 7 heteroatoms. The van der Waals surface area contributed by atoms with Crippen molar-refractivity contribution in [2.24, 2.45) is 11.7 Å². The number of hydrogen-bond acceptors (Lipinski definition) is 5. The van der Waals surface area contributed by atoms with Crippen LogP contribution in [-0.4, -0.2) is 42.3 Å². The van der Waals surface area contributed by atoms with E-state index in [2.05, 4.69) is 30.9 Å². The van der Waals surface area contributed by atoms with Crippen LogP contribution in [0.25, 0.3) is 0 Å². The molecule has 6 nitrogen and oxygen atoms in total. The highest BCUT2D eigenvalue weighted by Gasteiger charge is 2.49. The quantitative estimate of drug-likeness (QED) is 0.529. The van der Waals surface area contributed by atoms with Crippen molar-refractivity contribution < 1.29 is 14.3 Å². The summed E-state index contributed by atoms with van der Waals surface area (Å²) in [5.41, 5.74) is 9.65. The summed E-state index contributed by atoms with van der Waals surface area (Å²) in [7, 11) is 3.71. The van der Waals surface area contributed by atoms with Crippen molar-refractivity contribution in [1.82, 2.24) is 4.90 Å². The lowest BCUT2D eigenvalue weighted by atomic mass is 9.75. The van der Waals surface area contributed by atoms with Crippen molar-refractivity contribution in [3.63, 3.8) is 0 Å². The van der Waals surface area contributed by atoms with E-state index in [1.54, 1.807) is 12.0 Å². The molecule has 4 rings (SSSR count). The smallest absolute Gasteiger partial charge is 0.412 e. The van der Waals surface area contributed by atoms with Gasteiger partial charge in [0, 0.05) is 36.7 Å². The second-order valence-corrected chi connectivity index (χ2v) is 11.9. The average molecular weight is 510 g/mol. The van der Waals surface area contributed by atoms with E-state index < -0.39 is 11.3 Å². The Morgan fingerprint density at radius 3 is 2.47 bits per heavy atom. The summed E-state index contributed by atoms with van der Waals surface area (Å²) in [4.78, 5) is 18.1. The van der Waals surface area contributed by atoms with Crippen LogP contribution in [0.4, 0.5) is 10.5 Å². The third-order valence-corrected chi connectivity index (χ3v) is 8.38. The lowest BCUT2D eigenvalue weighted by molar-refractivity contribution is -0.0384. The number of carbonyl (C=O) groups excluding carboxylic acids is 1. The zero-order valence-corrected chi connectivity index (χ0v) is 23.4. The molecule has 2 aromatic rings. The third-order valence-electron chi connectivity index (χ3n) is 7.59. The first kappa shape index (κ1) is 26.4. The Hall–Kier alpha value is -2.64. The van der Waals surface area contributed by atoms with E-state index >= 15 is 0 Å². The van der Waals surface area contributed by atoms with Gasteiger partial charge < -0.3 is 20.1 Å². The average Bonchev–Trinajstić information content (AvgIpc) is 2.99. The predicted molar refractivity (Wildman–Crippen MR) is 149 cm³/mol. The molecule has 0 aromatic heterocycles. The van der Waals surface area contributed by atoms with Gasteiger partial charge >= 0.3 is 6.09 Å². The Kier molecular flexibility index (Phi) is 6.86. The van der Waals surface area contributed by atoms with Gasteiger partial charge in [0.15, 0.2) is 0 Å².